The number of fused-ring (bicyclic) bond motifs is 1. The van der Waals surface area contributed by atoms with Crippen molar-refractivity contribution in [1.29, 1.82) is 0 Å². The molecule has 1 aromatic rings. The van der Waals surface area contributed by atoms with Crippen molar-refractivity contribution < 1.29 is 9.53 Å². The van der Waals surface area contributed by atoms with E-state index in [1.54, 1.807) is 11.3 Å². The van der Waals surface area contributed by atoms with Gasteiger partial charge >= 0.3 is 0 Å². The van der Waals surface area contributed by atoms with E-state index in [9.17, 15) is 4.79 Å². The smallest absolute Gasteiger partial charge is 0.264 e. The molecule has 2 aliphatic heterocycles. The Kier molecular flexibility index (Phi) is 4.85. The summed E-state index contributed by atoms with van der Waals surface area (Å²) in [5, 5.41) is 2.00. The van der Waals surface area contributed by atoms with Gasteiger partial charge in [-0.2, -0.15) is 0 Å². The molecule has 2 fully saturated rings. The molecule has 3 heterocycles. The van der Waals surface area contributed by atoms with Crippen LogP contribution >= 0.6 is 11.3 Å². The molecule has 0 saturated carbocycles. The maximum absolute atomic E-state index is 12.7. The molecule has 2 saturated heterocycles. The van der Waals surface area contributed by atoms with E-state index in [4.69, 9.17) is 4.74 Å². The predicted molar refractivity (Wildman–Crippen MR) is 89.5 cm³/mol. The zero-order valence-electron chi connectivity index (χ0n) is 13.7. The fourth-order valence-corrected chi connectivity index (χ4v) is 4.36. The summed E-state index contributed by atoms with van der Waals surface area (Å²) < 4.78 is 6.08. The molecule has 22 heavy (non-hydrogen) atoms. The summed E-state index contributed by atoms with van der Waals surface area (Å²) in [6.45, 7) is 11.0. The largest absolute Gasteiger partial charge is 0.375 e. The van der Waals surface area contributed by atoms with Crippen LogP contribution in [-0.4, -0.2) is 60.6 Å². The number of aryl methyl sites for hydroxylation is 1. The van der Waals surface area contributed by atoms with Crippen molar-refractivity contribution in [2.45, 2.75) is 39.3 Å². The lowest BCUT2D eigenvalue weighted by Crippen LogP contribution is -2.49. The van der Waals surface area contributed by atoms with Crippen LogP contribution < -0.4 is 0 Å². The zero-order valence-corrected chi connectivity index (χ0v) is 14.6. The van der Waals surface area contributed by atoms with Crippen molar-refractivity contribution in [2.24, 2.45) is 5.92 Å². The minimum absolute atomic E-state index is 0.180. The lowest BCUT2D eigenvalue weighted by Gasteiger charge is -2.38. The van der Waals surface area contributed by atoms with E-state index in [0.29, 0.717) is 12.0 Å². The van der Waals surface area contributed by atoms with Gasteiger partial charge in [0.2, 0.25) is 0 Å². The van der Waals surface area contributed by atoms with Gasteiger partial charge in [-0.15, -0.1) is 11.3 Å². The standard InChI is InChI=1S/C17H26N2O2S/c1-12(2)18-7-8-21-15-11-19(6-4-14(15)10-18)17(20)16-13(3)5-9-22-16/h5,9,12,14-15H,4,6-8,10-11H2,1-3H3/t14-,15-/m1/s1. The molecular weight excluding hydrogens is 296 g/mol. The van der Waals surface area contributed by atoms with Crippen molar-refractivity contribution >= 4 is 17.2 Å². The number of carbonyl (C=O) groups is 1. The Balaban J connectivity index is 1.67. The third-order valence-electron chi connectivity index (χ3n) is 4.95. The number of likely N-dealkylation sites (tertiary alicyclic amines) is 1. The molecular formula is C17H26N2O2S. The van der Waals surface area contributed by atoms with Crippen molar-refractivity contribution in [3.8, 4) is 0 Å². The zero-order chi connectivity index (χ0) is 15.7. The topological polar surface area (TPSA) is 32.8 Å². The molecule has 1 amide bonds. The normalized spacial score (nSPS) is 26.8. The first-order chi connectivity index (χ1) is 10.6. The molecule has 2 atom stereocenters. The van der Waals surface area contributed by atoms with E-state index >= 15 is 0 Å². The minimum Gasteiger partial charge on any atom is -0.375 e. The second-order valence-corrected chi connectivity index (χ2v) is 7.65. The number of nitrogens with zero attached hydrogens (tertiary/aromatic N) is 2. The molecule has 0 spiro atoms. The fourth-order valence-electron chi connectivity index (χ4n) is 3.47. The van der Waals surface area contributed by atoms with Gasteiger partial charge < -0.3 is 9.64 Å². The third-order valence-corrected chi connectivity index (χ3v) is 5.95. The van der Waals surface area contributed by atoms with E-state index in [-0.39, 0.29) is 12.0 Å². The van der Waals surface area contributed by atoms with Gasteiger partial charge in [0.25, 0.3) is 5.91 Å². The van der Waals surface area contributed by atoms with Gasteiger partial charge in [0.15, 0.2) is 0 Å². The molecule has 4 nitrogen and oxygen atoms in total. The van der Waals surface area contributed by atoms with Crippen LogP contribution in [0.15, 0.2) is 11.4 Å². The molecule has 1 aromatic heterocycles. The Morgan fingerprint density at radius 3 is 2.86 bits per heavy atom. The Hall–Kier alpha value is -0.910. The molecule has 3 rings (SSSR count). The molecule has 0 aromatic carbocycles. The second kappa shape index (κ2) is 6.69. The van der Waals surface area contributed by atoms with Crippen molar-refractivity contribution in [3.05, 3.63) is 21.9 Å². The summed E-state index contributed by atoms with van der Waals surface area (Å²) in [5.74, 6) is 0.734. The van der Waals surface area contributed by atoms with Crippen molar-refractivity contribution in [3.63, 3.8) is 0 Å². The van der Waals surface area contributed by atoms with Gasteiger partial charge in [-0.25, -0.2) is 0 Å². The van der Waals surface area contributed by atoms with Crippen LogP contribution in [-0.2, 0) is 4.74 Å². The van der Waals surface area contributed by atoms with Gasteiger partial charge in [-0.1, -0.05) is 0 Å². The Morgan fingerprint density at radius 2 is 2.18 bits per heavy atom. The average Bonchev–Trinajstić information content (AvgIpc) is 2.81. The summed E-state index contributed by atoms with van der Waals surface area (Å²) in [4.78, 5) is 18.1. The number of hydrogen-bond acceptors (Lipinski definition) is 4. The SMILES string of the molecule is Cc1ccsc1C(=O)N1CC[C@@H]2CN(C(C)C)CCO[C@@H]2C1. The van der Waals surface area contributed by atoms with Crippen molar-refractivity contribution in [2.75, 3.05) is 32.8 Å². The van der Waals surface area contributed by atoms with Crippen LogP contribution in [0, 0.1) is 12.8 Å². The molecule has 0 bridgehead atoms. The number of thiophene rings is 1. The van der Waals surface area contributed by atoms with Crippen LogP contribution in [0.4, 0.5) is 0 Å². The van der Waals surface area contributed by atoms with Gasteiger partial charge in [0, 0.05) is 38.1 Å². The van der Waals surface area contributed by atoms with E-state index < -0.39 is 0 Å². The van der Waals surface area contributed by atoms with E-state index in [1.807, 2.05) is 23.3 Å². The lowest BCUT2D eigenvalue weighted by molar-refractivity contribution is -0.0170. The fraction of sp³-hybridized carbons (Fsp3) is 0.706. The van der Waals surface area contributed by atoms with E-state index in [2.05, 4.69) is 18.7 Å². The number of carbonyl (C=O) groups excluding carboxylic acids is 1. The molecule has 0 radical (unpaired) electrons. The van der Waals surface area contributed by atoms with Crippen LogP contribution in [0.5, 0.6) is 0 Å². The molecule has 0 N–H and O–H groups in total. The van der Waals surface area contributed by atoms with Gasteiger partial charge in [-0.3, -0.25) is 9.69 Å². The highest BCUT2D eigenvalue weighted by Crippen LogP contribution is 2.27. The Morgan fingerprint density at radius 1 is 1.36 bits per heavy atom. The summed E-state index contributed by atoms with van der Waals surface area (Å²) >= 11 is 1.55. The lowest BCUT2D eigenvalue weighted by atomic mass is 9.92. The van der Waals surface area contributed by atoms with E-state index in [0.717, 1.165) is 49.6 Å². The van der Waals surface area contributed by atoms with Crippen LogP contribution in [0.25, 0.3) is 0 Å². The molecule has 2 aliphatic rings. The minimum atomic E-state index is 0.180. The number of rotatable bonds is 2. The summed E-state index contributed by atoms with van der Waals surface area (Å²) in [5.41, 5.74) is 1.09. The van der Waals surface area contributed by atoms with Crippen molar-refractivity contribution in [1.82, 2.24) is 9.80 Å². The predicted octanol–water partition coefficient (Wildman–Crippen LogP) is 2.63. The molecule has 0 aliphatic carbocycles. The molecule has 122 valence electrons. The maximum atomic E-state index is 12.7. The highest BCUT2D eigenvalue weighted by atomic mass is 32.1. The quantitative estimate of drug-likeness (QED) is 0.839. The Labute approximate surface area is 137 Å². The van der Waals surface area contributed by atoms with Crippen LogP contribution in [0.2, 0.25) is 0 Å². The van der Waals surface area contributed by atoms with Crippen LogP contribution in [0.3, 0.4) is 0 Å². The number of amides is 1. The summed E-state index contributed by atoms with van der Waals surface area (Å²) in [7, 11) is 0. The van der Waals surface area contributed by atoms with Gasteiger partial charge in [-0.05, 0) is 44.2 Å². The van der Waals surface area contributed by atoms with E-state index in [1.165, 1.54) is 0 Å². The third kappa shape index (κ3) is 3.21. The number of piperidine rings is 1. The second-order valence-electron chi connectivity index (χ2n) is 6.73. The number of ether oxygens (including phenoxy) is 1. The summed E-state index contributed by atoms with van der Waals surface area (Å²) in [6, 6.07) is 2.59. The number of hydrogen-bond donors (Lipinski definition) is 0. The summed E-state index contributed by atoms with van der Waals surface area (Å²) in [6.07, 6.45) is 1.24. The first-order valence-electron chi connectivity index (χ1n) is 8.25. The highest BCUT2D eigenvalue weighted by molar-refractivity contribution is 7.12. The van der Waals surface area contributed by atoms with Gasteiger partial charge in [0.1, 0.15) is 0 Å². The molecule has 5 heteroatoms. The average molecular weight is 322 g/mol. The monoisotopic (exact) mass is 322 g/mol. The molecule has 0 unspecified atom stereocenters. The highest BCUT2D eigenvalue weighted by Gasteiger charge is 2.36. The van der Waals surface area contributed by atoms with Crippen LogP contribution in [0.1, 0.15) is 35.5 Å². The maximum Gasteiger partial charge on any atom is 0.264 e. The van der Waals surface area contributed by atoms with Gasteiger partial charge in [0.05, 0.1) is 17.6 Å². The Bertz CT molecular complexity index is 528. The first-order valence-corrected chi connectivity index (χ1v) is 9.13. The first kappa shape index (κ1) is 16.0.